The molecule has 0 radical (unpaired) electrons. The van der Waals surface area contributed by atoms with Crippen LogP contribution in [0.15, 0.2) is 0 Å². The lowest BCUT2D eigenvalue weighted by Gasteiger charge is -2.50. The second-order valence-corrected chi connectivity index (χ2v) is 5.89. The van der Waals surface area contributed by atoms with Gasteiger partial charge in [0.15, 0.2) is 0 Å². The maximum absolute atomic E-state index is 9.48. The third-order valence-corrected chi connectivity index (χ3v) is 4.42. The van der Waals surface area contributed by atoms with Gasteiger partial charge in [-0.1, -0.05) is 19.8 Å². The maximum atomic E-state index is 9.48. The Bertz CT molecular complexity index is 285. The van der Waals surface area contributed by atoms with E-state index in [-0.39, 0.29) is 5.54 Å². The zero-order chi connectivity index (χ0) is 12.8. The van der Waals surface area contributed by atoms with Crippen molar-refractivity contribution in [3.8, 4) is 6.07 Å². The SMILES string of the molecule is CCCCOCC1CC(C#N)(N2CCCCC2)C1. The Morgan fingerprint density at radius 3 is 2.61 bits per heavy atom. The van der Waals surface area contributed by atoms with E-state index in [9.17, 15) is 5.26 Å². The molecular weight excluding hydrogens is 224 g/mol. The zero-order valence-electron chi connectivity index (χ0n) is 11.7. The Kier molecular flexibility index (Phi) is 5.03. The van der Waals surface area contributed by atoms with Crippen molar-refractivity contribution in [2.24, 2.45) is 5.92 Å². The van der Waals surface area contributed by atoms with Crippen molar-refractivity contribution in [3.05, 3.63) is 0 Å². The topological polar surface area (TPSA) is 36.3 Å². The third kappa shape index (κ3) is 3.05. The maximum Gasteiger partial charge on any atom is 0.109 e. The van der Waals surface area contributed by atoms with Crippen LogP contribution in [-0.2, 0) is 4.74 Å². The number of hydrogen-bond acceptors (Lipinski definition) is 3. The smallest absolute Gasteiger partial charge is 0.109 e. The summed E-state index contributed by atoms with van der Waals surface area (Å²) < 4.78 is 5.68. The molecule has 18 heavy (non-hydrogen) atoms. The van der Waals surface area contributed by atoms with Crippen LogP contribution in [0.4, 0.5) is 0 Å². The molecule has 2 rings (SSSR count). The summed E-state index contributed by atoms with van der Waals surface area (Å²) in [7, 11) is 0. The normalized spacial score (nSPS) is 32.8. The van der Waals surface area contributed by atoms with Gasteiger partial charge < -0.3 is 4.74 Å². The Morgan fingerprint density at radius 1 is 1.28 bits per heavy atom. The van der Waals surface area contributed by atoms with Gasteiger partial charge in [-0.2, -0.15) is 5.26 Å². The van der Waals surface area contributed by atoms with Gasteiger partial charge in [0.2, 0.25) is 0 Å². The van der Waals surface area contributed by atoms with Crippen LogP contribution >= 0.6 is 0 Å². The molecule has 0 bridgehead atoms. The predicted octanol–water partition coefficient (Wildman–Crippen LogP) is 2.96. The van der Waals surface area contributed by atoms with Crippen molar-refractivity contribution in [2.45, 2.75) is 57.4 Å². The molecule has 1 saturated carbocycles. The summed E-state index contributed by atoms with van der Waals surface area (Å²) in [4.78, 5) is 2.43. The van der Waals surface area contributed by atoms with Gasteiger partial charge in [-0.15, -0.1) is 0 Å². The molecule has 0 amide bonds. The first kappa shape index (κ1) is 13.8. The summed E-state index contributed by atoms with van der Waals surface area (Å²) in [5.41, 5.74) is -0.140. The fraction of sp³-hybridized carbons (Fsp3) is 0.933. The molecule has 0 aromatic carbocycles. The first-order chi connectivity index (χ1) is 8.80. The van der Waals surface area contributed by atoms with Crippen molar-refractivity contribution in [1.82, 2.24) is 4.90 Å². The molecule has 1 aliphatic heterocycles. The molecule has 1 saturated heterocycles. The molecule has 0 aromatic heterocycles. The average molecular weight is 250 g/mol. The van der Waals surface area contributed by atoms with Gasteiger partial charge in [0.05, 0.1) is 6.07 Å². The highest BCUT2D eigenvalue weighted by Crippen LogP contribution is 2.43. The molecule has 2 aliphatic rings. The molecule has 1 aliphatic carbocycles. The fourth-order valence-electron chi connectivity index (χ4n) is 3.25. The zero-order valence-corrected chi connectivity index (χ0v) is 11.7. The van der Waals surface area contributed by atoms with Crippen molar-refractivity contribution in [2.75, 3.05) is 26.3 Å². The summed E-state index contributed by atoms with van der Waals surface area (Å²) in [6.45, 7) is 6.17. The molecule has 0 atom stereocenters. The van der Waals surface area contributed by atoms with Crippen molar-refractivity contribution in [1.29, 1.82) is 5.26 Å². The molecule has 0 unspecified atom stereocenters. The number of hydrogen-bond donors (Lipinski definition) is 0. The number of nitrogens with zero attached hydrogens (tertiary/aromatic N) is 2. The molecular formula is C15H26N2O. The molecule has 0 aromatic rings. The monoisotopic (exact) mass is 250 g/mol. The molecule has 3 heteroatoms. The molecule has 2 fully saturated rings. The Labute approximate surface area is 111 Å². The Hall–Kier alpha value is -0.590. The van der Waals surface area contributed by atoms with E-state index in [1.54, 1.807) is 0 Å². The second kappa shape index (κ2) is 6.54. The van der Waals surface area contributed by atoms with Gasteiger partial charge in [0.25, 0.3) is 0 Å². The van der Waals surface area contributed by atoms with Crippen LogP contribution in [0.5, 0.6) is 0 Å². The molecule has 3 nitrogen and oxygen atoms in total. The van der Waals surface area contributed by atoms with E-state index < -0.39 is 0 Å². The van der Waals surface area contributed by atoms with Gasteiger partial charge in [-0.3, -0.25) is 4.90 Å². The number of likely N-dealkylation sites (tertiary alicyclic amines) is 1. The number of nitriles is 1. The van der Waals surface area contributed by atoms with E-state index in [0.717, 1.165) is 45.6 Å². The lowest BCUT2D eigenvalue weighted by Crippen LogP contribution is -2.58. The summed E-state index contributed by atoms with van der Waals surface area (Å²) in [6.07, 6.45) is 8.26. The summed E-state index contributed by atoms with van der Waals surface area (Å²) >= 11 is 0. The fourth-order valence-corrected chi connectivity index (χ4v) is 3.25. The van der Waals surface area contributed by atoms with Crippen LogP contribution in [-0.4, -0.2) is 36.7 Å². The Morgan fingerprint density at radius 2 is 2.00 bits per heavy atom. The van der Waals surface area contributed by atoms with E-state index in [2.05, 4.69) is 17.9 Å². The standard InChI is InChI=1S/C15H26N2O/c1-2-3-9-18-12-14-10-15(11-14,13-16)17-7-5-4-6-8-17/h14H,2-12H2,1H3. The minimum absolute atomic E-state index is 0.140. The second-order valence-electron chi connectivity index (χ2n) is 5.89. The van der Waals surface area contributed by atoms with Crippen LogP contribution < -0.4 is 0 Å². The number of piperidine rings is 1. The molecule has 0 N–H and O–H groups in total. The van der Waals surface area contributed by atoms with Gasteiger partial charge in [0, 0.05) is 13.2 Å². The first-order valence-corrected chi connectivity index (χ1v) is 7.55. The highest BCUT2D eigenvalue weighted by atomic mass is 16.5. The molecule has 102 valence electrons. The largest absolute Gasteiger partial charge is 0.381 e. The minimum atomic E-state index is -0.140. The minimum Gasteiger partial charge on any atom is -0.381 e. The van der Waals surface area contributed by atoms with Gasteiger partial charge in [0.1, 0.15) is 5.54 Å². The van der Waals surface area contributed by atoms with E-state index in [4.69, 9.17) is 4.74 Å². The lowest BCUT2D eigenvalue weighted by molar-refractivity contribution is -0.0317. The van der Waals surface area contributed by atoms with Crippen LogP contribution in [0.3, 0.4) is 0 Å². The number of unbranched alkanes of at least 4 members (excludes halogenated alkanes) is 1. The average Bonchev–Trinajstić information content (AvgIpc) is 2.38. The van der Waals surface area contributed by atoms with E-state index in [0.29, 0.717) is 5.92 Å². The van der Waals surface area contributed by atoms with Crippen LogP contribution in [0.2, 0.25) is 0 Å². The highest BCUT2D eigenvalue weighted by molar-refractivity contribution is 5.16. The molecule has 0 spiro atoms. The number of rotatable bonds is 6. The quantitative estimate of drug-likeness (QED) is 0.680. The Balaban J connectivity index is 1.72. The van der Waals surface area contributed by atoms with Gasteiger partial charge in [-0.05, 0) is 51.1 Å². The highest BCUT2D eigenvalue weighted by Gasteiger charge is 2.48. The van der Waals surface area contributed by atoms with Gasteiger partial charge in [-0.25, -0.2) is 0 Å². The third-order valence-electron chi connectivity index (χ3n) is 4.42. The summed E-state index contributed by atoms with van der Waals surface area (Å²) in [6, 6.07) is 2.59. The van der Waals surface area contributed by atoms with Crippen molar-refractivity contribution < 1.29 is 4.74 Å². The van der Waals surface area contributed by atoms with Crippen LogP contribution in [0.25, 0.3) is 0 Å². The van der Waals surface area contributed by atoms with Crippen LogP contribution in [0, 0.1) is 17.2 Å². The van der Waals surface area contributed by atoms with E-state index in [1.807, 2.05) is 0 Å². The van der Waals surface area contributed by atoms with E-state index in [1.165, 1.54) is 25.7 Å². The number of ether oxygens (including phenoxy) is 1. The van der Waals surface area contributed by atoms with Crippen molar-refractivity contribution >= 4 is 0 Å². The summed E-state index contributed by atoms with van der Waals surface area (Å²) in [5.74, 6) is 0.614. The van der Waals surface area contributed by atoms with Gasteiger partial charge >= 0.3 is 0 Å². The van der Waals surface area contributed by atoms with Crippen molar-refractivity contribution in [3.63, 3.8) is 0 Å². The lowest BCUT2D eigenvalue weighted by atomic mass is 9.68. The summed E-state index contributed by atoms with van der Waals surface area (Å²) in [5, 5.41) is 9.48. The van der Waals surface area contributed by atoms with E-state index >= 15 is 0 Å². The predicted molar refractivity (Wildman–Crippen MR) is 72.2 cm³/mol. The van der Waals surface area contributed by atoms with Crippen LogP contribution in [0.1, 0.15) is 51.9 Å². The molecule has 1 heterocycles. The first-order valence-electron chi connectivity index (χ1n) is 7.55.